The number of ether oxygens (including phenoxy) is 1. The van der Waals surface area contributed by atoms with Gasteiger partial charge in [-0.25, -0.2) is 0 Å². The van der Waals surface area contributed by atoms with Crippen molar-refractivity contribution in [2.24, 2.45) is 0 Å². The summed E-state index contributed by atoms with van der Waals surface area (Å²) in [7, 11) is 1.14. The zero-order chi connectivity index (χ0) is 57.2. The highest BCUT2D eigenvalue weighted by Gasteiger charge is 2.27. The number of esters is 1. The lowest BCUT2D eigenvalue weighted by molar-refractivity contribution is -0.870. The fourth-order valence-corrected chi connectivity index (χ4v) is 9.28. The fraction of sp³-hybridized carbons (Fsp3) is 0.706. The Hall–Kier alpha value is -3.33. The number of carbonyl (C=O) groups excluding carboxylic acids is 2. The number of carbonyl (C=O) groups is 2. The van der Waals surface area contributed by atoms with E-state index in [2.05, 4.69) is 123 Å². The predicted octanol–water partition coefficient (Wildman–Crippen LogP) is 19.1. The molecule has 0 spiro atoms. The summed E-state index contributed by atoms with van der Waals surface area (Å²) < 4.78 is 30.3. The molecule has 1 amide bonds. The predicted molar refractivity (Wildman–Crippen MR) is 334 cm³/mol. The van der Waals surface area contributed by atoms with Gasteiger partial charge < -0.3 is 28.5 Å². The van der Waals surface area contributed by atoms with Crippen LogP contribution >= 0.6 is 7.82 Å². The molecule has 0 saturated carbocycles. The molecule has 448 valence electrons. The standard InChI is InChI=1S/C68H119N2O7P/c1-7-10-13-16-19-22-25-28-30-32-34-35-37-39-41-43-46-49-52-55-58-61-68(72)77-66(59-56-53-50-47-44-27-24-21-18-15-12-9-3)65(64-76-78(73,74)75-63-62-70(4,5)6)69-67(71)60-57-54-51-48-45-42-40-38-36-33-31-29-26-23-20-17-14-11-8-2/h10,13,19-20,22-23,28-31,34-35,39,41,46,49,56,59,65-66H,7-9,11-12,14-18,21,24-27,32-33,36-38,40,42-45,47-48,50-55,57-58,60-64H2,1-6H3,(H-,69,71,73,74)/b13-10-,22-19-,23-20-,30-28-,31-29-,35-34-,41-39-,49-46-,59-56+. The molecule has 10 heteroatoms. The first-order chi connectivity index (χ1) is 37.9. The van der Waals surface area contributed by atoms with Crippen LogP contribution in [0.3, 0.4) is 0 Å². The van der Waals surface area contributed by atoms with E-state index in [-0.39, 0.29) is 24.9 Å². The number of hydrogen-bond donors (Lipinski definition) is 1. The molecule has 78 heavy (non-hydrogen) atoms. The first kappa shape index (κ1) is 74.7. The van der Waals surface area contributed by atoms with Crippen molar-refractivity contribution in [3.05, 3.63) is 109 Å². The lowest BCUT2D eigenvalue weighted by Gasteiger charge is -2.30. The Labute approximate surface area is 481 Å². The quantitative estimate of drug-likeness (QED) is 0.0212. The molecule has 3 atom stereocenters. The van der Waals surface area contributed by atoms with Gasteiger partial charge in [-0.15, -0.1) is 0 Å². The highest BCUT2D eigenvalue weighted by Crippen LogP contribution is 2.38. The van der Waals surface area contributed by atoms with E-state index in [1.165, 1.54) is 109 Å². The summed E-state index contributed by atoms with van der Waals surface area (Å²) in [6.07, 6.45) is 77.7. The molecule has 0 aliphatic heterocycles. The molecule has 0 fully saturated rings. The number of unbranched alkanes of at least 4 members (excludes halogenated alkanes) is 24. The lowest BCUT2D eigenvalue weighted by Crippen LogP contribution is -2.47. The Morgan fingerprint density at radius 2 is 0.821 bits per heavy atom. The zero-order valence-electron chi connectivity index (χ0n) is 51.1. The van der Waals surface area contributed by atoms with E-state index in [1.54, 1.807) is 0 Å². The van der Waals surface area contributed by atoms with Crippen LogP contribution in [0.4, 0.5) is 0 Å². The van der Waals surface area contributed by atoms with Crippen molar-refractivity contribution < 1.29 is 37.3 Å². The minimum Gasteiger partial charge on any atom is -0.756 e. The van der Waals surface area contributed by atoms with Crippen LogP contribution < -0.4 is 10.2 Å². The molecule has 0 aromatic rings. The molecule has 0 bridgehead atoms. The Balaban J connectivity index is 5.33. The minimum atomic E-state index is -4.72. The van der Waals surface area contributed by atoms with E-state index in [4.69, 9.17) is 13.8 Å². The molecule has 0 rings (SSSR count). The van der Waals surface area contributed by atoms with Gasteiger partial charge in [-0.1, -0.05) is 240 Å². The van der Waals surface area contributed by atoms with Gasteiger partial charge in [-0.2, -0.15) is 0 Å². The molecule has 0 radical (unpaired) electrons. The van der Waals surface area contributed by atoms with Gasteiger partial charge in [-0.05, 0) is 115 Å². The van der Waals surface area contributed by atoms with Crippen molar-refractivity contribution in [1.29, 1.82) is 0 Å². The van der Waals surface area contributed by atoms with Gasteiger partial charge in [0.15, 0.2) is 0 Å². The van der Waals surface area contributed by atoms with Crippen molar-refractivity contribution in [1.82, 2.24) is 5.32 Å². The average Bonchev–Trinajstić information content (AvgIpc) is 3.40. The molecular formula is C68H119N2O7P. The second-order valence-corrected chi connectivity index (χ2v) is 23.6. The zero-order valence-corrected chi connectivity index (χ0v) is 52.0. The van der Waals surface area contributed by atoms with Crippen LogP contribution in [0.25, 0.3) is 0 Å². The Bertz CT molecular complexity index is 1700. The summed E-state index contributed by atoms with van der Waals surface area (Å²) in [4.78, 5) is 40.0. The summed E-state index contributed by atoms with van der Waals surface area (Å²) in [6.45, 7) is 6.67. The van der Waals surface area contributed by atoms with E-state index < -0.39 is 26.6 Å². The summed E-state index contributed by atoms with van der Waals surface area (Å²) in [5, 5.41) is 3.02. The number of rotatable bonds is 56. The summed E-state index contributed by atoms with van der Waals surface area (Å²) >= 11 is 0. The SMILES string of the molecule is CC/C=C\C/C=C\C/C=C\C/C=C\C/C=C\C/C=C\CCCCC(=O)OC(/C=C/CCCCCCCCCCCC)C(COP(=O)([O-])OCC[N+](C)(C)C)NC(=O)CCCCCCCCCCC/C=C\C/C=C\CCCCC. The smallest absolute Gasteiger partial charge is 0.306 e. The summed E-state index contributed by atoms with van der Waals surface area (Å²) in [5.74, 6) is -0.601. The maximum Gasteiger partial charge on any atom is 0.306 e. The molecule has 0 aromatic heterocycles. The van der Waals surface area contributed by atoms with Crippen molar-refractivity contribution >= 4 is 19.7 Å². The fourth-order valence-electron chi connectivity index (χ4n) is 8.55. The second-order valence-electron chi connectivity index (χ2n) is 22.2. The molecule has 0 aliphatic carbocycles. The summed E-state index contributed by atoms with van der Waals surface area (Å²) in [5.41, 5.74) is 0. The van der Waals surface area contributed by atoms with Crippen LogP contribution in [0, 0.1) is 0 Å². The van der Waals surface area contributed by atoms with Crippen molar-refractivity contribution in [2.45, 2.75) is 270 Å². The van der Waals surface area contributed by atoms with E-state index in [0.29, 0.717) is 23.9 Å². The topological polar surface area (TPSA) is 114 Å². The van der Waals surface area contributed by atoms with Crippen LogP contribution in [0.15, 0.2) is 109 Å². The third kappa shape index (κ3) is 57.4. The normalized spacial score (nSPS) is 14.4. The maximum absolute atomic E-state index is 13.5. The van der Waals surface area contributed by atoms with Crippen LogP contribution in [-0.4, -0.2) is 69.4 Å². The largest absolute Gasteiger partial charge is 0.756 e. The minimum absolute atomic E-state index is 0.0355. The van der Waals surface area contributed by atoms with Gasteiger partial charge in [0.05, 0.1) is 33.8 Å². The van der Waals surface area contributed by atoms with E-state index in [0.717, 1.165) is 109 Å². The maximum atomic E-state index is 13.5. The number of amides is 1. The molecule has 9 nitrogen and oxygen atoms in total. The third-order valence-corrected chi connectivity index (χ3v) is 14.4. The molecule has 0 saturated heterocycles. The Kier molecular flexibility index (Phi) is 54.5. The number of allylic oxidation sites excluding steroid dienone is 17. The van der Waals surface area contributed by atoms with Crippen LogP contribution in [0.1, 0.15) is 258 Å². The third-order valence-electron chi connectivity index (χ3n) is 13.4. The highest BCUT2D eigenvalue weighted by molar-refractivity contribution is 7.45. The Morgan fingerprint density at radius 3 is 1.27 bits per heavy atom. The van der Waals surface area contributed by atoms with E-state index >= 15 is 0 Å². The number of hydrogen-bond acceptors (Lipinski definition) is 7. The van der Waals surface area contributed by atoms with Crippen molar-refractivity contribution in [3.8, 4) is 0 Å². The number of nitrogens with zero attached hydrogens (tertiary/aromatic N) is 1. The number of quaternary nitrogens is 1. The van der Waals surface area contributed by atoms with Crippen LogP contribution in [0.2, 0.25) is 0 Å². The Morgan fingerprint density at radius 1 is 0.462 bits per heavy atom. The molecular weight excluding hydrogens is 988 g/mol. The highest BCUT2D eigenvalue weighted by atomic mass is 31.2. The van der Waals surface area contributed by atoms with Crippen molar-refractivity contribution in [3.63, 3.8) is 0 Å². The van der Waals surface area contributed by atoms with Gasteiger partial charge >= 0.3 is 5.97 Å². The first-order valence-electron chi connectivity index (χ1n) is 31.7. The number of phosphoric ester groups is 1. The molecule has 1 N–H and O–H groups in total. The molecule has 0 aliphatic rings. The van der Waals surface area contributed by atoms with Crippen LogP contribution in [-0.2, 0) is 27.9 Å². The van der Waals surface area contributed by atoms with Gasteiger partial charge in [0, 0.05) is 12.8 Å². The number of nitrogens with one attached hydrogen (secondary N) is 1. The van der Waals surface area contributed by atoms with Gasteiger partial charge in [0.25, 0.3) is 7.82 Å². The second kappa shape index (κ2) is 56.9. The lowest BCUT2D eigenvalue weighted by atomic mass is 10.0. The van der Waals surface area contributed by atoms with Gasteiger partial charge in [0.1, 0.15) is 19.3 Å². The van der Waals surface area contributed by atoms with E-state index in [9.17, 15) is 19.0 Å². The molecule has 0 heterocycles. The van der Waals surface area contributed by atoms with E-state index in [1.807, 2.05) is 33.3 Å². The first-order valence-corrected chi connectivity index (χ1v) is 33.2. The van der Waals surface area contributed by atoms with Crippen molar-refractivity contribution in [2.75, 3.05) is 40.9 Å². The number of phosphoric acid groups is 1. The van der Waals surface area contributed by atoms with Gasteiger partial charge in [0.2, 0.25) is 5.91 Å². The monoisotopic (exact) mass is 1110 g/mol. The average molecular weight is 1110 g/mol. The molecule has 3 unspecified atom stereocenters. The van der Waals surface area contributed by atoms with Gasteiger partial charge in [-0.3, -0.25) is 14.2 Å². The molecule has 0 aromatic carbocycles. The van der Waals surface area contributed by atoms with Crippen LogP contribution in [0.5, 0.6) is 0 Å². The summed E-state index contributed by atoms with van der Waals surface area (Å²) in [6, 6.07) is -0.916. The number of likely N-dealkylation sites (N-methyl/N-ethyl adjacent to an activating group) is 1.